The first kappa shape index (κ1) is 13.0. The van der Waals surface area contributed by atoms with Gasteiger partial charge in [0.05, 0.1) is 6.10 Å². The molecule has 1 nitrogen and oxygen atoms in total. The zero-order chi connectivity index (χ0) is 14.3. The van der Waals surface area contributed by atoms with Crippen molar-refractivity contribution in [3.63, 3.8) is 0 Å². The van der Waals surface area contributed by atoms with Crippen LogP contribution in [0.3, 0.4) is 0 Å². The number of aliphatic hydroxyl groups is 1. The molecule has 0 heterocycles. The van der Waals surface area contributed by atoms with E-state index in [0.717, 1.165) is 0 Å². The Kier molecular flexibility index (Phi) is 3.12. The average Bonchev–Trinajstić information content (AvgIpc) is 2.72. The molecule has 1 aliphatic rings. The molecule has 0 amide bonds. The molecule has 1 unspecified atom stereocenters. The van der Waals surface area contributed by atoms with Crippen LogP contribution in [0.1, 0.15) is 34.6 Å². The van der Waals surface area contributed by atoms with Crippen LogP contribution in [0.5, 0.6) is 0 Å². The molecule has 0 saturated heterocycles. The Morgan fingerprint density at radius 2 is 1.55 bits per heavy atom. The minimum atomic E-state index is -0.523. The molecule has 1 atom stereocenters. The first-order valence-electron chi connectivity index (χ1n) is 6.95. The van der Waals surface area contributed by atoms with Gasteiger partial charge in [0, 0.05) is 12.3 Å². The molecule has 0 fully saturated rings. The van der Waals surface area contributed by atoms with Crippen LogP contribution in [0.15, 0.2) is 36.4 Å². The Labute approximate surface area is 120 Å². The van der Waals surface area contributed by atoms with Gasteiger partial charge in [0.1, 0.15) is 0 Å². The van der Waals surface area contributed by atoms with E-state index in [1.54, 1.807) is 0 Å². The van der Waals surface area contributed by atoms with Crippen molar-refractivity contribution >= 4 is 0 Å². The molecule has 1 aliphatic carbocycles. The molecule has 0 bridgehead atoms. The zero-order valence-corrected chi connectivity index (χ0v) is 11.9. The van der Waals surface area contributed by atoms with Gasteiger partial charge in [-0.25, -0.2) is 0 Å². The lowest BCUT2D eigenvalue weighted by atomic mass is 9.89. The van der Waals surface area contributed by atoms with Crippen molar-refractivity contribution in [2.75, 3.05) is 0 Å². The number of benzene rings is 2. The average molecular weight is 262 g/mol. The predicted molar refractivity (Wildman–Crippen MR) is 82.7 cm³/mol. The minimum absolute atomic E-state index is 0.00255. The number of rotatable bonds is 2. The fourth-order valence-electron chi connectivity index (χ4n) is 3.17. The van der Waals surface area contributed by atoms with Crippen LogP contribution >= 0.6 is 0 Å². The number of terminal acetylenes is 1. The van der Waals surface area contributed by atoms with Gasteiger partial charge in [0.15, 0.2) is 0 Å². The van der Waals surface area contributed by atoms with Crippen molar-refractivity contribution in [1.29, 1.82) is 0 Å². The lowest BCUT2D eigenvalue weighted by molar-refractivity contribution is 0.163. The van der Waals surface area contributed by atoms with E-state index in [-0.39, 0.29) is 5.92 Å². The second-order valence-electron chi connectivity index (χ2n) is 5.63. The molecule has 0 radical (unpaired) electrons. The molecule has 3 rings (SSSR count). The Morgan fingerprint density at radius 3 is 2.00 bits per heavy atom. The number of hydrogen-bond acceptors (Lipinski definition) is 1. The molecule has 0 spiro atoms. The molecular formula is C19H18O. The van der Waals surface area contributed by atoms with Gasteiger partial charge in [-0.15, -0.1) is 12.3 Å². The molecule has 20 heavy (non-hydrogen) atoms. The van der Waals surface area contributed by atoms with Gasteiger partial charge in [0.25, 0.3) is 0 Å². The normalized spacial score (nSPS) is 14.5. The Morgan fingerprint density at radius 1 is 1.05 bits per heavy atom. The summed E-state index contributed by atoms with van der Waals surface area (Å²) in [5.41, 5.74) is 7.35. The molecule has 1 heteroatoms. The van der Waals surface area contributed by atoms with Gasteiger partial charge in [-0.1, -0.05) is 47.5 Å². The highest BCUT2D eigenvalue weighted by Gasteiger charge is 2.33. The molecule has 0 aromatic heterocycles. The van der Waals surface area contributed by atoms with Gasteiger partial charge in [-0.3, -0.25) is 0 Å². The summed E-state index contributed by atoms with van der Waals surface area (Å²) in [5.74, 6) is 2.58. The topological polar surface area (TPSA) is 20.2 Å². The first-order chi connectivity index (χ1) is 9.61. The molecule has 2 aromatic carbocycles. The summed E-state index contributed by atoms with van der Waals surface area (Å²) >= 11 is 0. The van der Waals surface area contributed by atoms with E-state index in [9.17, 15) is 5.11 Å². The number of fused-ring (bicyclic) bond motifs is 3. The predicted octanol–water partition coefficient (Wildman–Crippen LogP) is 3.80. The maximum Gasteiger partial charge on any atom is 0.0758 e. The number of hydrogen-bond donors (Lipinski definition) is 1. The third-order valence-electron chi connectivity index (χ3n) is 4.09. The first-order valence-corrected chi connectivity index (χ1v) is 6.95. The van der Waals surface area contributed by atoms with E-state index in [1.165, 1.54) is 33.4 Å². The summed E-state index contributed by atoms with van der Waals surface area (Å²) in [6, 6.07) is 12.9. The summed E-state index contributed by atoms with van der Waals surface area (Å²) < 4.78 is 0. The van der Waals surface area contributed by atoms with E-state index < -0.39 is 6.10 Å². The molecular weight excluding hydrogens is 244 g/mol. The third-order valence-corrected chi connectivity index (χ3v) is 4.09. The molecule has 0 aliphatic heterocycles. The second kappa shape index (κ2) is 4.81. The van der Waals surface area contributed by atoms with Gasteiger partial charge < -0.3 is 5.11 Å². The summed E-state index contributed by atoms with van der Waals surface area (Å²) in [7, 11) is 0. The summed E-state index contributed by atoms with van der Waals surface area (Å²) in [4.78, 5) is 0. The maximum absolute atomic E-state index is 10.4. The van der Waals surface area contributed by atoms with E-state index in [0.29, 0.717) is 6.42 Å². The van der Waals surface area contributed by atoms with Crippen molar-refractivity contribution < 1.29 is 5.11 Å². The number of aryl methyl sites for hydroxylation is 2. The Balaban J connectivity index is 2.22. The largest absolute Gasteiger partial charge is 0.391 e. The van der Waals surface area contributed by atoms with Crippen LogP contribution in [-0.2, 0) is 0 Å². The number of aliphatic hydroxyl groups excluding tert-OH is 1. The van der Waals surface area contributed by atoms with E-state index >= 15 is 0 Å². The van der Waals surface area contributed by atoms with Crippen LogP contribution < -0.4 is 0 Å². The van der Waals surface area contributed by atoms with Gasteiger partial charge in [-0.2, -0.15) is 0 Å². The van der Waals surface area contributed by atoms with E-state index in [2.05, 4.69) is 56.2 Å². The highest BCUT2D eigenvalue weighted by atomic mass is 16.3. The van der Waals surface area contributed by atoms with Gasteiger partial charge >= 0.3 is 0 Å². The molecule has 2 aromatic rings. The maximum atomic E-state index is 10.4. The Hall–Kier alpha value is -2.04. The standard InChI is InChI=1S/C19H18O/c1-4-5-18(20)19-14-8-6-12(2)10-16(14)17-11-13(3)7-9-15(17)19/h1,6-11,18-20H,5H2,2-3H3. The van der Waals surface area contributed by atoms with Crippen molar-refractivity contribution in [3.05, 3.63) is 58.7 Å². The van der Waals surface area contributed by atoms with Crippen LogP contribution in [0.25, 0.3) is 11.1 Å². The minimum Gasteiger partial charge on any atom is -0.391 e. The SMILES string of the molecule is C#CCC(O)C1c2ccc(C)cc2-c2cc(C)ccc21. The van der Waals surface area contributed by atoms with Crippen molar-refractivity contribution in [1.82, 2.24) is 0 Å². The summed E-state index contributed by atoms with van der Waals surface area (Å²) in [5, 5.41) is 10.4. The van der Waals surface area contributed by atoms with Crippen LogP contribution in [0.2, 0.25) is 0 Å². The third kappa shape index (κ3) is 1.94. The monoisotopic (exact) mass is 262 g/mol. The van der Waals surface area contributed by atoms with Gasteiger partial charge in [0.2, 0.25) is 0 Å². The molecule has 1 N–H and O–H groups in total. The van der Waals surface area contributed by atoms with Crippen LogP contribution in [0.4, 0.5) is 0 Å². The van der Waals surface area contributed by atoms with E-state index in [1.807, 2.05) is 0 Å². The highest BCUT2D eigenvalue weighted by Crippen LogP contribution is 2.47. The highest BCUT2D eigenvalue weighted by molar-refractivity contribution is 5.80. The zero-order valence-electron chi connectivity index (χ0n) is 11.9. The van der Waals surface area contributed by atoms with Crippen molar-refractivity contribution in [2.24, 2.45) is 0 Å². The Bertz CT molecular complexity index is 655. The quantitative estimate of drug-likeness (QED) is 0.816. The van der Waals surface area contributed by atoms with Crippen LogP contribution in [-0.4, -0.2) is 11.2 Å². The summed E-state index contributed by atoms with van der Waals surface area (Å²) in [6.07, 6.45) is 5.23. The summed E-state index contributed by atoms with van der Waals surface area (Å²) in [6.45, 7) is 4.20. The van der Waals surface area contributed by atoms with Crippen molar-refractivity contribution in [3.8, 4) is 23.5 Å². The lowest BCUT2D eigenvalue weighted by Gasteiger charge is -2.19. The molecule has 0 saturated carbocycles. The fraction of sp³-hybridized carbons (Fsp3) is 0.263. The fourth-order valence-corrected chi connectivity index (χ4v) is 3.17. The van der Waals surface area contributed by atoms with Crippen molar-refractivity contribution in [2.45, 2.75) is 32.3 Å². The van der Waals surface area contributed by atoms with Gasteiger partial charge in [-0.05, 0) is 36.1 Å². The lowest BCUT2D eigenvalue weighted by Crippen LogP contribution is -2.17. The van der Waals surface area contributed by atoms with E-state index in [4.69, 9.17) is 6.42 Å². The molecule has 100 valence electrons. The second-order valence-corrected chi connectivity index (χ2v) is 5.63. The smallest absolute Gasteiger partial charge is 0.0758 e. The van der Waals surface area contributed by atoms with Crippen LogP contribution in [0, 0.1) is 26.2 Å².